The molecule has 0 spiro atoms. The van der Waals surface area contributed by atoms with Crippen LogP contribution in [0.3, 0.4) is 0 Å². The van der Waals surface area contributed by atoms with Gasteiger partial charge in [0.2, 0.25) is 5.88 Å². The van der Waals surface area contributed by atoms with Crippen LogP contribution < -0.4 is 4.74 Å². The van der Waals surface area contributed by atoms with Crippen LogP contribution in [0.1, 0.15) is 24.3 Å². The van der Waals surface area contributed by atoms with E-state index in [2.05, 4.69) is 31.8 Å². The monoisotopic (exact) mass is 309 g/mol. The highest BCUT2D eigenvalue weighted by atomic mass is 79.9. The minimum atomic E-state index is 0.421. The Balaban J connectivity index is 2.10. The number of piperidine rings is 1. The van der Waals surface area contributed by atoms with Crippen LogP contribution in [-0.2, 0) is 4.79 Å². The van der Waals surface area contributed by atoms with E-state index in [1.54, 1.807) is 14.5 Å². The van der Waals surface area contributed by atoms with Crippen molar-refractivity contribution in [2.75, 3.05) is 20.2 Å². The van der Waals surface area contributed by atoms with Crippen molar-refractivity contribution in [2.45, 2.75) is 18.8 Å². The second-order valence-corrected chi connectivity index (χ2v) is 5.23. The Hall–Kier alpha value is -0.875. The van der Waals surface area contributed by atoms with Gasteiger partial charge in [0.1, 0.15) is 0 Å². The zero-order valence-corrected chi connectivity index (χ0v) is 11.9. The molecule has 0 amide bonds. The Morgan fingerprint density at radius 1 is 1.67 bits per heavy atom. The molecule has 1 aromatic heterocycles. The zero-order valence-electron chi connectivity index (χ0n) is 10.3. The largest absolute Gasteiger partial charge is 0.480 e. The number of hydrogen-bond acceptors (Lipinski definition) is 4. The summed E-state index contributed by atoms with van der Waals surface area (Å²) in [5.41, 5.74) is 1.19. The molecular weight excluding hydrogens is 295 g/mol. The number of carbonyl (C=O) groups is 1. The van der Waals surface area contributed by atoms with Crippen LogP contribution in [0.4, 0.5) is 0 Å². The van der Waals surface area contributed by atoms with E-state index < -0.39 is 0 Å². The summed E-state index contributed by atoms with van der Waals surface area (Å²) in [5, 5.41) is 0. The summed E-state index contributed by atoms with van der Waals surface area (Å²) in [4.78, 5) is 16.9. The van der Waals surface area contributed by atoms with Gasteiger partial charge in [0.25, 0.3) is 7.41 Å². The molecule has 18 heavy (non-hydrogen) atoms. The number of nitrogens with zero attached hydrogens (tertiary/aromatic N) is 2. The molecule has 0 aromatic carbocycles. The van der Waals surface area contributed by atoms with Gasteiger partial charge in [-0.1, -0.05) is 0 Å². The molecule has 0 N–H and O–H groups in total. The predicted molar refractivity (Wildman–Crippen MR) is 74.5 cm³/mol. The number of halogens is 1. The van der Waals surface area contributed by atoms with Gasteiger partial charge in [-0.25, -0.2) is 4.98 Å². The molecule has 0 bridgehead atoms. The first-order chi connectivity index (χ1) is 8.74. The highest BCUT2D eigenvalue weighted by Gasteiger charge is 2.22. The van der Waals surface area contributed by atoms with Crippen molar-refractivity contribution < 1.29 is 9.53 Å². The smallest absolute Gasteiger partial charge is 0.293 e. The SMILES string of the molecule is COc1ncc(C2CCCN([B]C=O)C2)cc1Br. The molecule has 1 aliphatic heterocycles. The van der Waals surface area contributed by atoms with Gasteiger partial charge in [-0.2, -0.15) is 0 Å². The molecule has 1 atom stereocenters. The van der Waals surface area contributed by atoms with Crippen LogP contribution in [0.15, 0.2) is 16.7 Å². The lowest BCUT2D eigenvalue weighted by atomic mass is 9.84. The summed E-state index contributed by atoms with van der Waals surface area (Å²) in [6.45, 7) is 1.83. The average molecular weight is 310 g/mol. The van der Waals surface area contributed by atoms with E-state index in [1.165, 1.54) is 5.56 Å². The average Bonchev–Trinajstić information content (AvgIpc) is 2.39. The molecule has 1 unspecified atom stereocenters. The fourth-order valence-electron chi connectivity index (χ4n) is 2.31. The molecule has 0 aliphatic carbocycles. The number of rotatable bonds is 4. The third kappa shape index (κ3) is 3.11. The third-order valence-electron chi connectivity index (χ3n) is 3.22. The van der Waals surface area contributed by atoms with E-state index in [1.807, 2.05) is 6.20 Å². The summed E-state index contributed by atoms with van der Waals surface area (Å²) < 4.78 is 6.00. The molecule has 0 saturated carbocycles. The summed E-state index contributed by atoms with van der Waals surface area (Å²) in [6, 6.07) is 2.06. The molecule has 2 heterocycles. The van der Waals surface area contributed by atoms with Crippen LogP contribution in [0.25, 0.3) is 0 Å². The molecule has 6 heteroatoms. The lowest BCUT2D eigenvalue weighted by molar-refractivity contribution is 0.326. The van der Waals surface area contributed by atoms with Crippen molar-refractivity contribution >= 4 is 29.5 Å². The number of pyridine rings is 1. The second kappa shape index (κ2) is 6.34. The maximum atomic E-state index is 10.5. The van der Waals surface area contributed by atoms with Gasteiger partial charge < -0.3 is 14.3 Å². The minimum absolute atomic E-state index is 0.421. The first kappa shape index (κ1) is 13.6. The lowest BCUT2D eigenvalue weighted by Gasteiger charge is -2.31. The number of ether oxygens (including phenoxy) is 1. The van der Waals surface area contributed by atoms with Gasteiger partial charge >= 0.3 is 0 Å². The zero-order chi connectivity index (χ0) is 13.0. The second-order valence-electron chi connectivity index (χ2n) is 4.38. The number of hydrogen-bond donors (Lipinski definition) is 0. The van der Waals surface area contributed by atoms with Crippen molar-refractivity contribution in [3.63, 3.8) is 0 Å². The standard InChI is InChI=1S/C12H15BBrN2O2/c1-18-12-11(14)5-10(6-15-12)9-3-2-4-16(7-9)13-8-17/h5-6,8-9H,2-4,7H2,1H3. The molecule has 1 fully saturated rings. The van der Waals surface area contributed by atoms with Crippen LogP contribution in [0.2, 0.25) is 0 Å². The molecule has 1 aliphatic rings. The quantitative estimate of drug-likeness (QED) is 0.629. The summed E-state index contributed by atoms with van der Waals surface area (Å²) in [5.74, 6) is 1.02. The van der Waals surface area contributed by atoms with E-state index in [4.69, 9.17) is 4.74 Å². The fourth-order valence-corrected chi connectivity index (χ4v) is 2.84. The molecule has 1 radical (unpaired) electrons. The number of aromatic nitrogens is 1. The van der Waals surface area contributed by atoms with Crippen LogP contribution in [-0.4, -0.2) is 43.6 Å². The molecule has 4 nitrogen and oxygen atoms in total. The number of carbonyl (C=O) groups excluding carboxylic acids is 1. The van der Waals surface area contributed by atoms with E-state index in [-0.39, 0.29) is 0 Å². The lowest BCUT2D eigenvalue weighted by Crippen LogP contribution is -2.37. The van der Waals surface area contributed by atoms with Crippen molar-refractivity contribution in [1.29, 1.82) is 0 Å². The van der Waals surface area contributed by atoms with Gasteiger partial charge in [-0.05, 0) is 59.4 Å². The normalized spacial score (nSPS) is 20.4. The Bertz CT molecular complexity index is 431. The van der Waals surface area contributed by atoms with E-state index in [9.17, 15) is 4.79 Å². The van der Waals surface area contributed by atoms with Crippen molar-refractivity contribution in [3.8, 4) is 5.88 Å². The van der Waals surface area contributed by atoms with E-state index in [0.717, 1.165) is 36.6 Å². The van der Waals surface area contributed by atoms with Crippen LogP contribution in [0, 0.1) is 0 Å². The highest BCUT2D eigenvalue weighted by molar-refractivity contribution is 9.10. The maximum absolute atomic E-state index is 10.5. The van der Waals surface area contributed by atoms with E-state index in [0.29, 0.717) is 11.8 Å². The minimum Gasteiger partial charge on any atom is -0.480 e. The van der Waals surface area contributed by atoms with E-state index >= 15 is 0 Å². The van der Waals surface area contributed by atoms with Crippen LogP contribution >= 0.6 is 15.9 Å². The highest BCUT2D eigenvalue weighted by Crippen LogP contribution is 2.30. The van der Waals surface area contributed by atoms with Crippen molar-refractivity contribution in [2.24, 2.45) is 0 Å². The van der Waals surface area contributed by atoms with Gasteiger partial charge in [0, 0.05) is 6.20 Å². The van der Waals surface area contributed by atoms with Gasteiger partial charge in [-0.3, -0.25) is 0 Å². The molecule has 95 valence electrons. The Morgan fingerprint density at radius 2 is 2.50 bits per heavy atom. The van der Waals surface area contributed by atoms with Crippen molar-refractivity contribution in [1.82, 2.24) is 9.79 Å². The molecular formula is C12H15BBrN2O2. The third-order valence-corrected chi connectivity index (χ3v) is 3.79. The van der Waals surface area contributed by atoms with Gasteiger partial charge in [0.15, 0.2) is 0 Å². The molecule has 2 rings (SSSR count). The first-order valence-corrected chi connectivity index (χ1v) is 6.76. The predicted octanol–water partition coefficient (Wildman–Crippen LogP) is 1.84. The fraction of sp³-hybridized carbons (Fsp3) is 0.500. The first-order valence-electron chi connectivity index (χ1n) is 5.96. The summed E-state index contributed by atoms with van der Waals surface area (Å²) >= 11 is 3.45. The molecule has 1 saturated heterocycles. The number of methoxy groups -OCH3 is 1. The Kier molecular flexibility index (Phi) is 4.77. The maximum Gasteiger partial charge on any atom is 0.293 e. The van der Waals surface area contributed by atoms with Gasteiger partial charge in [0.05, 0.1) is 17.8 Å². The summed E-state index contributed by atoms with van der Waals surface area (Å²) in [7, 11) is 3.23. The molecule has 1 aromatic rings. The Labute approximate surface area is 116 Å². The Morgan fingerprint density at radius 3 is 3.17 bits per heavy atom. The van der Waals surface area contributed by atoms with Gasteiger partial charge in [-0.15, -0.1) is 0 Å². The summed E-state index contributed by atoms with van der Waals surface area (Å²) in [6.07, 6.45) is 4.94. The topological polar surface area (TPSA) is 42.4 Å². The van der Waals surface area contributed by atoms with Crippen molar-refractivity contribution in [3.05, 3.63) is 22.3 Å². The van der Waals surface area contributed by atoms with Crippen LogP contribution in [0.5, 0.6) is 5.88 Å².